The lowest BCUT2D eigenvalue weighted by atomic mass is 10.2. The highest BCUT2D eigenvalue weighted by Crippen LogP contribution is 2.30. The average Bonchev–Trinajstić information content (AvgIpc) is 3.16. The fraction of sp³-hybridized carbons (Fsp3) is 0.417. The summed E-state index contributed by atoms with van der Waals surface area (Å²) in [6.45, 7) is 0.209. The molecule has 0 radical (unpaired) electrons. The van der Waals surface area contributed by atoms with Crippen LogP contribution >= 0.6 is 15.9 Å². The Morgan fingerprint density at radius 1 is 1.50 bits per heavy atom. The molecule has 1 saturated carbocycles. The normalized spacial score (nSPS) is 13.9. The predicted molar refractivity (Wildman–Crippen MR) is 75.0 cm³/mol. The SMILES string of the molecule is O=C(CCNc1cc(F)c(Br)cc1[N+](=O)[O-])NC1CC1. The van der Waals surface area contributed by atoms with E-state index >= 15 is 0 Å². The Bertz CT molecular complexity index is 549. The summed E-state index contributed by atoms with van der Waals surface area (Å²) in [7, 11) is 0. The second-order valence-electron chi connectivity index (χ2n) is 4.56. The third-order valence-corrected chi connectivity index (χ3v) is 3.45. The number of hydrogen-bond acceptors (Lipinski definition) is 4. The summed E-state index contributed by atoms with van der Waals surface area (Å²) in [5, 5.41) is 16.4. The van der Waals surface area contributed by atoms with Crippen molar-refractivity contribution in [1.82, 2.24) is 5.32 Å². The molecule has 0 atom stereocenters. The quantitative estimate of drug-likeness (QED) is 0.613. The largest absolute Gasteiger partial charge is 0.379 e. The summed E-state index contributed by atoms with van der Waals surface area (Å²) in [5.74, 6) is -0.708. The van der Waals surface area contributed by atoms with Gasteiger partial charge in [-0.2, -0.15) is 0 Å². The van der Waals surface area contributed by atoms with Crippen molar-refractivity contribution in [3.63, 3.8) is 0 Å². The average molecular weight is 346 g/mol. The minimum absolute atomic E-state index is 0.0289. The Balaban J connectivity index is 1.95. The van der Waals surface area contributed by atoms with Crippen LogP contribution in [0.1, 0.15) is 19.3 Å². The Morgan fingerprint density at radius 2 is 2.20 bits per heavy atom. The van der Waals surface area contributed by atoms with E-state index in [1.807, 2.05) is 0 Å². The smallest absolute Gasteiger partial charge is 0.293 e. The molecule has 1 aromatic carbocycles. The molecule has 1 aromatic rings. The second-order valence-corrected chi connectivity index (χ2v) is 5.41. The molecule has 1 aliphatic carbocycles. The predicted octanol–water partition coefficient (Wildman–Crippen LogP) is 2.58. The van der Waals surface area contributed by atoms with Crippen molar-refractivity contribution >= 4 is 33.2 Å². The van der Waals surface area contributed by atoms with Crippen LogP contribution in [0.5, 0.6) is 0 Å². The molecule has 0 bridgehead atoms. The first-order valence-electron chi connectivity index (χ1n) is 6.14. The van der Waals surface area contributed by atoms with Gasteiger partial charge in [0.05, 0.1) is 9.40 Å². The monoisotopic (exact) mass is 345 g/mol. The molecule has 1 aliphatic rings. The molecule has 1 fully saturated rings. The zero-order valence-corrected chi connectivity index (χ0v) is 12.1. The van der Waals surface area contributed by atoms with E-state index in [-0.39, 0.29) is 40.8 Å². The summed E-state index contributed by atoms with van der Waals surface area (Å²) >= 11 is 2.90. The molecule has 2 N–H and O–H groups in total. The van der Waals surface area contributed by atoms with E-state index in [0.29, 0.717) is 0 Å². The van der Waals surface area contributed by atoms with Gasteiger partial charge in [-0.05, 0) is 28.8 Å². The molecule has 0 aliphatic heterocycles. The van der Waals surface area contributed by atoms with Crippen molar-refractivity contribution < 1.29 is 14.1 Å². The number of rotatable bonds is 6. The van der Waals surface area contributed by atoms with E-state index in [1.54, 1.807) is 0 Å². The number of carbonyl (C=O) groups is 1. The van der Waals surface area contributed by atoms with Crippen molar-refractivity contribution in [2.45, 2.75) is 25.3 Å². The molecule has 8 heteroatoms. The molecule has 108 valence electrons. The Labute approximate surface area is 123 Å². The van der Waals surface area contributed by atoms with E-state index in [9.17, 15) is 19.3 Å². The third kappa shape index (κ3) is 3.89. The van der Waals surface area contributed by atoms with E-state index in [0.717, 1.165) is 25.0 Å². The fourth-order valence-corrected chi connectivity index (χ4v) is 2.00. The first-order chi connectivity index (χ1) is 9.47. The molecule has 0 saturated heterocycles. The van der Waals surface area contributed by atoms with Crippen LogP contribution in [0.15, 0.2) is 16.6 Å². The van der Waals surface area contributed by atoms with Crippen LogP contribution in [-0.2, 0) is 4.79 Å². The highest BCUT2D eigenvalue weighted by atomic mass is 79.9. The highest BCUT2D eigenvalue weighted by Gasteiger charge is 2.23. The standard InChI is InChI=1S/C12H13BrFN3O3/c13-8-5-11(17(19)20)10(6-9(8)14)15-4-3-12(18)16-7-1-2-7/h5-7,15H,1-4H2,(H,16,18). The van der Waals surface area contributed by atoms with Gasteiger partial charge in [-0.25, -0.2) is 4.39 Å². The molecule has 0 unspecified atom stereocenters. The van der Waals surface area contributed by atoms with Gasteiger partial charge < -0.3 is 10.6 Å². The Morgan fingerprint density at radius 3 is 2.80 bits per heavy atom. The minimum Gasteiger partial charge on any atom is -0.379 e. The van der Waals surface area contributed by atoms with Crippen LogP contribution in [-0.4, -0.2) is 23.4 Å². The van der Waals surface area contributed by atoms with Crippen LogP contribution in [0, 0.1) is 15.9 Å². The van der Waals surface area contributed by atoms with Gasteiger partial charge in [0.1, 0.15) is 11.5 Å². The van der Waals surface area contributed by atoms with Crippen LogP contribution in [0.3, 0.4) is 0 Å². The van der Waals surface area contributed by atoms with Gasteiger partial charge >= 0.3 is 0 Å². The molecule has 20 heavy (non-hydrogen) atoms. The number of halogens is 2. The number of carbonyl (C=O) groups excluding carboxylic acids is 1. The van der Waals surface area contributed by atoms with Gasteiger partial charge in [0.2, 0.25) is 5.91 Å². The maximum absolute atomic E-state index is 13.4. The summed E-state index contributed by atoms with van der Waals surface area (Å²) in [4.78, 5) is 21.7. The van der Waals surface area contributed by atoms with E-state index in [4.69, 9.17) is 0 Å². The number of nitrogens with zero attached hydrogens (tertiary/aromatic N) is 1. The highest BCUT2D eigenvalue weighted by molar-refractivity contribution is 9.10. The zero-order chi connectivity index (χ0) is 14.7. The summed E-state index contributed by atoms with van der Waals surface area (Å²) in [6, 6.07) is 2.42. The lowest BCUT2D eigenvalue weighted by Crippen LogP contribution is -2.27. The van der Waals surface area contributed by atoms with Crippen molar-refractivity contribution in [1.29, 1.82) is 0 Å². The Hall–Kier alpha value is -1.70. The van der Waals surface area contributed by atoms with Crippen LogP contribution < -0.4 is 10.6 Å². The van der Waals surface area contributed by atoms with Gasteiger partial charge in [0.15, 0.2) is 0 Å². The minimum atomic E-state index is -0.600. The van der Waals surface area contributed by atoms with Crippen molar-refractivity contribution in [2.24, 2.45) is 0 Å². The number of nitro groups is 1. The molecule has 0 heterocycles. The summed E-state index contributed by atoms with van der Waals surface area (Å²) < 4.78 is 13.4. The van der Waals surface area contributed by atoms with Gasteiger partial charge in [-0.1, -0.05) is 0 Å². The number of hydrogen-bond donors (Lipinski definition) is 2. The number of anilines is 1. The first kappa shape index (κ1) is 14.7. The molecule has 2 rings (SSSR count). The number of nitrogens with one attached hydrogen (secondary N) is 2. The number of nitro benzene ring substituents is 1. The van der Waals surface area contributed by atoms with E-state index < -0.39 is 10.7 Å². The van der Waals surface area contributed by atoms with Gasteiger partial charge in [-0.15, -0.1) is 0 Å². The topological polar surface area (TPSA) is 84.3 Å². The second kappa shape index (κ2) is 6.17. The Kier molecular flexibility index (Phi) is 4.53. The van der Waals surface area contributed by atoms with E-state index in [2.05, 4.69) is 26.6 Å². The first-order valence-corrected chi connectivity index (χ1v) is 6.93. The third-order valence-electron chi connectivity index (χ3n) is 2.85. The fourth-order valence-electron chi connectivity index (χ4n) is 1.67. The molecule has 0 spiro atoms. The number of amides is 1. The summed E-state index contributed by atoms with van der Waals surface area (Å²) in [6.07, 6.45) is 2.19. The van der Waals surface area contributed by atoms with Gasteiger partial charge in [-0.3, -0.25) is 14.9 Å². The van der Waals surface area contributed by atoms with Crippen LogP contribution in [0.4, 0.5) is 15.8 Å². The lowest BCUT2D eigenvalue weighted by molar-refractivity contribution is -0.384. The molecule has 6 nitrogen and oxygen atoms in total. The zero-order valence-electron chi connectivity index (χ0n) is 10.5. The number of benzene rings is 1. The van der Waals surface area contributed by atoms with Gasteiger partial charge in [0, 0.05) is 31.1 Å². The molecule has 1 amide bonds. The van der Waals surface area contributed by atoms with Crippen LogP contribution in [0.2, 0.25) is 0 Å². The van der Waals surface area contributed by atoms with Crippen LogP contribution in [0.25, 0.3) is 0 Å². The maximum Gasteiger partial charge on any atom is 0.293 e. The summed E-state index contributed by atoms with van der Waals surface area (Å²) in [5.41, 5.74) is -0.171. The molecular formula is C12H13BrFN3O3. The van der Waals surface area contributed by atoms with Gasteiger partial charge in [0.25, 0.3) is 5.69 Å². The van der Waals surface area contributed by atoms with E-state index in [1.165, 1.54) is 0 Å². The molecule has 0 aromatic heterocycles. The van der Waals surface area contributed by atoms with Crippen molar-refractivity contribution in [3.8, 4) is 0 Å². The lowest BCUT2D eigenvalue weighted by Gasteiger charge is -2.08. The molecular weight excluding hydrogens is 333 g/mol. The van der Waals surface area contributed by atoms with Crippen molar-refractivity contribution in [3.05, 3.63) is 32.5 Å². The maximum atomic E-state index is 13.4. The van der Waals surface area contributed by atoms with Crippen molar-refractivity contribution in [2.75, 3.05) is 11.9 Å².